The van der Waals surface area contributed by atoms with E-state index in [4.69, 9.17) is 9.84 Å². The molecule has 0 saturated carbocycles. The van der Waals surface area contributed by atoms with Gasteiger partial charge in [-0.15, -0.1) is 23.5 Å². The monoisotopic (exact) mass is 300 g/mol. The molecule has 0 saturated heterocycles. The molecule has 110 valence electrons. The molecule has 0 aromatic heterocycles. The third-order valence-corrected chi connectivity index (χ3v) is 5.15. The zero-order chi connectivity index (χ0) is 14.1. The van der Waals surface area contributed by atoms with E-state index < -0.39 is 31.0 Å². The minimum Gasteiger partial charge on any atom is -0.394 e. The van der Waals surface area contributed by atoms with E-state index in [1.807, 2.05) is 13.8 Å². The van der Waals surface area contributed by atoms with E-state index in [9.17, 15) is 15.3 Å². The summed E-state index contributed by atoms with van der Waals surface area (Å²) in [5, 5.41) is 37.9. The maximum absolute atomic E-state index is 10.0. The Labute approximate surface area is 117 Å². The molecule has 18 heavy (non-hydrogen) atoms. The van der Waals surface area contributed by atoms with E-state index in [1.165, 1.54) is 7.11 Å². The van der Waals surface area contributed by atoms with Crippen molar-refractivity contribution in [2.24, 2.45) is 0 Å². The second-order valence-corrected chi connectivity index (χ2v) is 6.85. The standard InChI is InChI=1S/C11H24O5S2/c1-4-17-11(18-5-2)10(16-3)9(15)8(14)7(13)6-12/h7-15H,4-6H2,1-3H3/t7-,8+,9+,10+/m0/s1. The molecule has 0 aliphatic carbocycles. The molecular weight excluding hydrogens is 276 g/mol. The normalized spacial score (nSPS) is 18.7. The maximum Gasteiger partial charge on any atom is 0.111 e. The van der Waals surface area contributed by atoms with E-state index in [2.05, 4.69) is 0 Å². The zero-order valence-electron chi connectivity index (χ0n) is 11.0. The van der Waals surface area contributed by atoms with Crippen LogP contribution in [0.5, 0.6) is 0 Å². The Kier molecular flexibility index (Phi) is 10.6. The van der Waals surface area contributed by atoms with Crippen LogP contribution in [-0.2, 0) is 4.74 Å². The van der Waals surface area contributed by atoms with Crippen molar-refractivity contribution in [3.63, 3.8) is 0 Å². The molecular formula is C11H24O5S2. The van der Waals surface area contributed by atoms with E-state index >= 15 is 0 Å². The van der Waals surface area contributed by atoms with Gasteiger partial charge < -0.3 is 25.2 Å². The number of thioether (sulfide) groups is 2. The van der Waals surface area contributed by atoms with Crippen LogP contribution in [0.4, 0.5) is 0 Å². The van der Waals surface area contributed by atoms with Gasteiger partial charge in [0.15, 0.2) is 0 Å². The van der Waals surface area contributed by atoms with Crippen LogP contribution in [0.25, 0.3) is 0 Å². The summed E-state index contributed by atoms with van der Waals surface area (Å²) in [5.74, 6) is 1.73. The van der Waals surface area contributed by atoms with Gasteiger partial charge in [0.2, 0.25) is 0 Å². The van der Waals surface area contributed by atoms with Gasteiger partial charge in [0.1, 0.15) is 24.4 Å². The van der Waals surface area contributed by atoms with E-state index in [0.717, 1.165) is 11.5 Å². The number of aliphatic hydroxyl groups excluding tert-OH is 4. The summed E-state index contributed by atoms with van der Waals surface area (Å²) in [4.78, 5) is 0. The van der Waals surface area contributed by atoms with Crippen molar-refractivity contribution >= 4 is 23.5 Å². The van der Waals surface area contributed by atoms with E-state index in [0.29, 0.717) is 0 Å². The minimum absolute atomic E-state index is 0.0273. The van der Waals surface area contributed by atoms with Crippen molar-refractivity contribution in [1.29, 1.82) is 0 Å². The topological polar surface area (TPSA) is 90.2 Å². The molecule has 0 radical (unpaired) electrons. The van der Waals surface area contributed by atoms with Gasteiger partial charge in [-0.25, -0.2) is 0 Å². The summed E-state index contributed by atoms with van der Waals surface area (Å²) >= 11 is 3.24. The third kappa shape index (κ3) is 5.64. The molecule has 0 amide bonds. The molecule has 0 heterocycles. The second-order valence-electron chi connectivity index (χ2n) is 3.71. The highest BCUT2D eigenvalue weighted by Gasteiger charge is 2.36. The van der Waals surface area contributed by atoms with E-state index in [-0.39, 0.29) is 4.58 Å². The molecule has 5 nitrogen and oxygen atoms in total. The number of rotatable bonds is 10. The molecule has 0 aromatic carbocycles. The summed E-state index contributed by atoms with van der Waals surface area (Å²) in [6.45, 7) is 3.42. The highest BCUT2D eigenvalue weighted by Crippen LogP contribution is 2.30. The second kappa shape index (κ2) is 10.3. The first-order valence-corrected chi connectivity index (χ1v) is 8.04. The molecule has 0 bridgehead atoms. The Hall–Kier alpha value is 0.500. The SMILES string of the molecule is CCSC(SCC)[C@H](OC)[C@H](O)[C@H](O)[C@@H](O)CO. The van der Waals surface area contributed by atoms with Crippen molar-refractivity contribution in [2.75, 3.05) is 25.2 Å². The molecule has 0 aliphatic rings. The molecule has 0 spiro atoms. The smallest absolute Gasteiger partial charge is 0.111 e. The van der Waals surface area contributed by atoms with Crippen LogP contribution in [0.2, 0.25) is 0 Å². The van der Waals surface area contributed by atoms with Gasteiger partial charge in [0.05, 0.1) is 11.2 Å². The molecule has 0 aliphatic heterocycles. The molecule has 4 atom stereocenters. The van der Waals surface area contributed by atoms with Crippen LogP contribution >= 0.6 is 23.5 Å². The van der Waals surface area contributed by atoms with Gasteiger partial charge in [0.25, 0.3) is 0 Å². The Balaban J connectivity index is 4.69. The highest BCUT2D eigenvalue weighted by molar-refractivity contribution is 8.17. The van der Waals surface area contributed by atoms with Gasteiger partial charge in [-0.2, -0.15) is 0 Å². The van der Waals surface area contributed by atoms with Crippen LogP contribution in [-0.4, -0.2) is 74.6 Å². The minimum atomic E-state index is -1.42. The molecule has 0 fully saturated rings. The van der Waals surface area contributed by atoms with E-state index in [1.54, 1.807) is 23.5 Å². The lowest BCUT2D eigenvalue weighted by atomic mass is 10.0. The fraction of sp³-hybridized carbons (Fsp3) is 1.00. The molecule has 4 N–H and O–H groups in total. The Morgan fingerprint density at radius 1 is 1.00 bits per heavy atom. The first-order chi connectivity index (χ1) is 8.53. The molecule has 7 heteroatoms. The number of aliphatic hydroxyl groups is 4. The van der Waals surface area contributed by atoms with Crippen LogP contribution < -0.4 is 0 Å². The van der Waals surface area contributed by atoms with Crippen LogP contribution in [0, 0.1) is 0 Å². The summed E-state index contributed by atoms with van der Waals surface area (Å²) in [7, 11) is 1.46. The Morgan fingerprint density at radius 2 is 1.50 bits per heavy atom. The molecule has 0 unspecified atom stereocenters. The zero-order valence-corrected chi connectivity index (χ0v) is 12.7. The quantitative estimate of drug-likeness (QED) is 0.419. The number of ether oxygens (including phenoxy) is 1. The first kappa shape index (κ1) is 18.5. The van der Waals surface area contributed by atoms with Crippen molar-refractivity contribution in [1.82, 2.24) is 0 Å². The van der Waals surface area contributed by atoms with Gasteiger partial charge in [-0.05, 0) is 11.5 Å². The van der Waals surface area contributed by atoms with Crippen molar-refractivity contribution in [2.45, 2.75) is 42.8 Å². The summed E-state index contributed by atoms with van der Waals surface area (Å²) in [5.41, 5.74) is 0. The summed E-state index contributed by atoms with van der Waals surface area (Å²) in [6, 6.07) is 0. The fourth-order valence-corrected chi connectivity index (χ4v) is 4.29. The number of hydrogen-bond acceptors (Lipinski definition) is 7. The lowest BCUT2D eigenvalue weighted by Gasteiger charge is -2.32. The molecule has 0 rings (SSSR count). The number of hydrogen-bond donors (Lipinski definition) is 4. The summed E-state index contributed by atoms with van der Waals surface area (Å²) < 4.78 is 5.22. The summed E-state index contributed by atoms with van der Waals surface area (Å²) in [6.07, 6.45) is -4.62. The average molecular weight is 300 g/mol. The van der Waals surface area contributed by atoms with Gasteiger partial charge in [-0.3, -0.25) is 0 Å². The fourth-order valence-electron chi connectivity index (χ4n) is 1.51. The number of methoxy groups -OCH3 is 1. The highest BCUT2D eigenvalue weighted by atomic mass is 32.2. The predicted octanol–water partition coefficient (Wildman–Crippen LogP) is -0.0913. The largest absolute Gasteiger partial charge is 0.394 e. The first-order valence-electron chi connectivity index (χ1n) is 5.94. The van der Waals surface area contributed by atoms with Crippen LogP contribution in [0.3, 0.4) is 0 Å². The third-order valence-electron chi connectivity index (χ3n) is 2.47. The lowest BCUT2D eigenvalue weighted by molar-refractivity contribution is -0.119. The maximum atomic E-state index is 10.0. The van der Waals surface area contributed by atoms with Gasteiger partial charge in [-0.1, -0.05) is 13.8 Å². The Bertz CT molecular complexity index is 202. The van der Waals surface area contributed by atoms with Crippen LogP contribution in [0.1, 0.15) is 13.8 Å². The van der Waals surface area contributed by atoms with Gasteiger partial charge >= 0.3 is 0 Å². The average Bonchev–Trinajstić information content (AvgIpc) is 2.38. The predicted molar refractivity (Wildman–Crippen MR) is 76.0 cm³/mol. The Morgan fingerprint density at radius 3 is 1.83 bits per heavy atom. The van der Waals surface area contributed by atoms with Crippen molar-refractivity contribution in [3.05, 3.63) is 0 Å². The van der Waals surface area contributed by atoms with Crippen LogP contribution in [0.15, 0.2) is 0 Å². The van der Waals surface area contributed by atoms with Gasteiger partial charge in [0, 0.05) is 7.11 Å². The van der Waals surface area contributed by atoms with Crippen molar-refractivity contribution < 1.29 is 25.2 Å². The molecule has 0 aromatic rings. The lowest BCUT2D eigenvalue weighted by Crippen LogP contribution is -2.49. The van der Waals surface area contributed by atoms with Crippen molar-refractivity contribution in [3.8, 4) is 0 Å².